The van der Waals surface area contributed by atoms with E-state index in [0.29, 0.717) is 19.1 Å². The minimum atomic E-state index is 0. The van der Waals surface area contributed by atoms with Crippen molar-refractivity contribution in [3.8, 4) is 5.75 Å². The first-order chi connectivity index (χ1) is 12.7. The number of guanidine groups is 1. The number of likely N-dealkylation sites (N-methyl/N-ethyl adjacent to an activating group) is 1. The number of aliphatic imine (C=N–C) groups is 1. The predicted octanol–water partition coefficient (Wildman–Crippen LogP) is 3.19. The van der Waals surface area contributed by atoms with Crippen molar-refractivity contribution in [1.82, 2.24) is 4.90 Å². The second kappa shape index (κ2) is 13.3. The molecule has 3 N–H and O–H groups in total. The second-order valence-electron chi connectivity index (χ2n) is 5.98. The van der Waals surface area contributed by atoms with Gasteiger partial charge in [0.2, 0.25) is 0 Å². The first-order valence-corrected chi connectivity index (χ1v) is 8.68. The summed E-state index contributed by atoms with van der Waals surface area (Å²) in [7, 11) is 3.76. The van der Waals surface area contributed by atoms with Gasteiger partial charge in [0, 0.05) is 25.9 Å². The van der Waals surface area contributed by atoms with Crippen LogP contribution >= 0.6 is 24.0 Å². The Hall–Kier alpha value is -1.84. The van der Waals surface area contributed by atoms with Gasteiger partial charge in [0.05, 0.1) is 13.2 Å². The summed E-state index contributed by atoms with van der Waals surface area (Å²) in [4.78, 5) is 6.55. The maximum atomic E-state index is 5.94. The van der Waals surface area contributed by atoms with Gasteiger partial charge in [0.15, 0.2) is 5.96 Å². The Bertz CT molecular complexity index is 683. The van der Waals surface area contributed by atoms with Crippen LogP contribution in [0.25, 0.3) is 0 Å². The highest BCUT2D eigenvalue weighted by molar-refractivity contribution is 14.0. The van der Waals surface area contributed by atoms with Gasteiger partial charge < -0.3 is 25.4 Å². The van der Waals surface area contributed by atoms with Gasteiger partial charge in [0.25, 0.3) is 0 Å². The zero-order valence-electron chi connectivity index (χ0n) is 15.9. The average Bonchev–Trinajstić information content (AvgIpc) is 2.66. The molecule has 0 aliphatic heterocycles. The number of anilines is 1. The summed E-state index contributed by atoms with van der Waals surface area (Å²) in [5.74, 6) is 1.23. The number of para-hydroxylation sites is 1. The van der Waals surface area contributed by atoms with Gasteiger partial charge in [-0.2, -0.15) is 0 Å². The number of hydrogen-bond donors (Lipinski definition) is 2. The maximum Gasteiger partial charge on any atom is 0.193 e. The normalized spacial score (nSPS) is 11.1. The number of nitrogens with two attached hydrogens (primary N) is 1. The molecular weight excluding hydrogens is 455 g/mol. The van der Waals surface area contributed by atoms with E-state index >= 15 is 0 Å². The van der Waals surface area contributed by atoms with Gasteiger partial charge >= 0.3 is 0 Å². The molecule has 0 heterocycles. The molecule has 0 bridgehead atoms. The van der Waals surface area contributed by atoms with Crippen LogP contribution in [-0.4, -0.2) is 51.3 Å². The lowest BCUT2D eigenvalue weighted by Gasteiger charge is -2.16. The van der Waals surface area contributed by atoms with Crippen LogP contribution in [0.4, 0.5) is 5.69 Å². The van der Waals surface area contributed by atoms with E-state index in [1.807, 2.05) is 54.6 Å². The van der Waals surface area contributed by atoms with E-state index in [9.17, 15) is 0 Å². The van der Waals surface area contributed by atoms with Crippen molar-refractivity contribution in [2.24, 2.45) is 10.7 Å². The van der Waals surface area contributed by atoms with E-state index in [4.69, 9.17) is 15.2 Å². The van der Waals surface area contributed by atoms with Crippen molar-refractivity contribution >= 4 is 35.6 Å². The van der Waals surface area contributed by atoms with Gasteiger partial charge in [0.1, 0.15) is 12.4 Å². The minimum absolute atomic E-state index is 0. The molecule has 2 aromatic rings. The van der Waals surface area contributed by atoms with Crippen LogP contribution in [0.2, 0.25) is 0 Å². The monoisotopic (exact) mass is 484 g/mol. The van der Waals surface area contributed by atoms with E-state index < -0.39 is 0 Å². The molecule has 0 aliphatic rings. The largest absolute Gasteiger partial charge is 0.492 e. The van der Waals surface area contributed by atoms with Gasteiger partial charge in [-0.3, -0.25) is 0 Å². The summed E-state index contributed by atoms with van der Waals surface area (Å²) in [6.07, 6.45) is 0. The summed E-state index contributed by atoms with van der Waals surface area (Å²) in [6, 6.07) is 17.7. The molecule has 2 rings (SSSR count). The van der Waals surface area contributed by atoms with E-state index in [0.717, 1.165) is 36.7 Å². The predicted molar refractivity (Wildman–Crippen MR) is 122 cm³/mol. The lowest BCUT2D eigenvalue weighted by molar-refractivity contribution is 0.150. The topological polar surface area (TPSA) is 72.1 Å². The Labute approximate surface area is 178 Å². The van der Waals surface area contributed by atoms with Gasteiger partial charge in [-0.25, -0.2) is 4.99 Å². The average molecular weight is 484 g/mol. The van der Waals surface area contributed by atoms with E-state index in [2.05, 4.69) is 22.3 Å². The number of halogens is 1. The quantitative estimate of drug-likeness (QED) is 0.308. The molecule has 0 amide bonds. The highest BCUT2D eigenvalue weighted by Crippen LogP contribution is 2.14. The fraction of sp³-hybridized carbons (Fsp3) is 0.350. The van der Waals surface area contributed by atoms with Crippen LogP contribution in [0.5, 0.6) is 5.75 Å². The van der Waals surface area contributed by atoms with Gasteiger partial charge in [-0.15, -0.1) is 24.0 Å². The fourth-order valence-electron chi connectivity index (χ4n) is 2.30. The zero-order valence-corrected chi connectivity index (χ0v) is 18.3. The van der Waals surface area contributed by atoms with E-state index in [1.165, 1.54) is 0 Å². The molecular formula is C20H29IN4O2. The van der Waals surface area contributed by atoms with Gasteiger partial charge in [-0.05, 0) is 36.9 Å². The maximum absolute atomic E-state index is 5.94. The first-order valence-electron chi connectivity index (χ1n) is 8.68. The molecule has 7 heteroatoms. The first kappa shape index (κ1) is 23.2. The number of nitrogens with one attached hydrogen (secondary N) is 1. The van der Waals surface area contributed by atoms with Crippen molar-refractivity contribution < 1.29 is 9.47 Å². The molecule has 0 atom stereocenters. The van der Waals surface area contributed by atoms with Crippen LogP contribution in [0.1, 0.15) is 5.56 Å². The summed E-state index contributed by atoms with van der Waals surface area (Å²) in [6.45, 7) is 3.59. The molecule has 2 aromatic carbocycles. The smallest absolute Gasteiger partial charge is 0.193 e. The zero-order chi connectivity index (χ0) is 18.6. The van der Waals surface area contributed by atoms with Crippen LogP contribution in [0.3, 0.4) is 0 Å². The van der Waals surface area contributed by atoms with Crippen molar-refractivity contribution in [3.63, 3.8) is 0 Å². The number of nitrogens with zero attached hydrogens (tertiary/aromatic N) is 2. The van der Waals surface area contributed by atoms with E-state index in [1.54, 1.807) is 7.11 Å². The van der Waals surface area contributed by atoms with Crippen LogP contribution in [0.15, 0.2) is 59.6 Å². The number of rotatable bonds is 10. The highest BCUT2D eigenvalue weighted by atomic mass is 127. The second-order valence-corrected chi connectivity index (χ2v) is 5.98. The summed E-state index contributed by atoms with van der Waals surface area (Å²) in [5, 5.41) is 3.07. The molecule has 0 aromatic heterocycles. The Morgan fingerprint density at radius 1 is 1.07 bits per heavy atom. The molecule has 0 unspecified atom stereocenters. The fourth-order valence-corrected chi connectivity index (χ4v) is 2.30. The molecule has 6 nitrogen and oxygen atoms in total. The number of ether oxygens (including phenoxy) is 2. The SMILES string of the molecule is COCCN(C)CCOc1cccc(CN=C(N)Nc2ccccc2)c1.I. The van der Waals surface area contributed by atoms with Crippen molar-refractivity contribution in [3.05, 3.63) is 60.2 Å². The third-order valence-electron chi connectivity index (χ3n) is 3.80. The molecule has 0 aliphatic carbocycles. The number of methoxy groups -OCH3 is 1. The lowest BCUT2D eigenvalue weighted by atomic mass is 10.2. The molecule has 27 heavy (non-hydrogen) atoms. The molecule has 0 spiro atoms. The molecule has 0 fully saturated rings. The van der Waals surface area contributed by atoms with Crippen molar-refractivity contribution in [1.29, 1.82) is 0 Å². The van der Waals surface area contributed by atoms with Crippen LogP contribution in [-0.2, 0) is 11.3 Å². The number of benzene rings is 2. The minimum Gasteiger partial charge on any atom is -0.492 e. The lowest BCUT2D eigenvalue weighted by Crippen LogP contribution is -2.27. The Kier molecular flexibility index (Phi) is 11.5. The molecule has 0 radical (unpaired) electrons. The Morgan fingerprint density at radius 2 is 1.81 bits per heavy atom. The number of hydrogen-bond acceptors (Lipinski definition) is 4. The standard InChI is InChI=1S/C20H28N4O2.HI/c1-24(11-13-25-2)12-14-26-19-10-6-7-17(15-19)16-22-20(21)23-18-8-4-3-5-9-18;/h3-10,15H,11-14,16H2,1-2H3,(H3,21,22,23);1H. The molecule has 0 saturated carbocycles. The highest BCUT2D eigenvalue weighted by Gasteiger charge is 2.01. The van der Waals surface area contributed by atoms with Crippen LogP contribution in [0, 0.1) is 0 Å². The van der Waals surface area contributed by atoms with Crippen LogP contribution < -0.4 is 15.8 Å². The van der Waals surface area contributed by atoms with Crippen molar-refractivity contribution in [2.75, 3.05) is 45.8 Å². The third kappa shape index (κ3) is 9.60. The molecule has 148 valence electrons. The molecule has 0 saturated heterocycles. The van der Waals surface area contributed by atoms with Crippen molar-refractivity contribution in [2.45, 2.75) is 6.54 Å². The third-order valence-corrected chi connectivity index (χ3v) is 3.80. The summed E-state index contributed by atoms with van der Waals surface area (Å²) < 4.78 is 10.9. The Morgan fingerprint density at radius 3 is 2.56 bits per heavy atom. The summed E-state index contributed by atoms with van der Waals surface area (Å²) in [5.41, 5.74) is 7.91. The Balaban J connectivity index is 0.00000364. The summed E-state index contributed by atoms with van der Waals surface area (Å²) >= 11 is 0. The van der Waals surface area contributed by atoms with Gasteiger partial charge in [-0.1, -0.05) is 30.3 Å². The van der Waals surface area contributed by atoms with E-state index in [-0.39, 0.29) is 24.0 Å².